The average molecular weight is 624 g/mol. The molecule has 1 aromatic rings. The lowest BCUT2D eigenvalue weighted by Crippen LogP contribution is -2.62. The van der Waals surface area contributed by atoms with Gasteiger partial charge in [-0.1, -0.05) is 45.0 Å². The zero-order valence-electron chi connectivity index (χ0n) is 28.2. The molecule has 0 aromatic heterocycles. The normalized spacial score (nSPS) is 33.1. The van der Waals surface area contributed by atoms with Crippen LogP contribution in [-0.2, 0) is 21.0 Å². The van der Waals surface area contributed by atoms with Crippen molar-refractivity contribution in [3.63, 3.8) is 0 Å². The number of methoxy groups -OCH3 is 1. The zero-order chi connectivity index (χ0) is 32.8. The number of hydrogen-bond donors (Lipinski definition) is 4. The van der Waals surface area contributed by atoms with Crippen molar-refractivity contribution in [1.29, 1.82) is 0 Å². The second-order valence-corrected chi connectivity index (χ2v) is 14.4. The monoisotopic (exact) mass is 623 g/mol. The third-order valence-electron chi connectivity index (χ3n) is 11.4. The van der Waals surface area contributed by atoms with Gasteiger partial charge in [-0.05, 0) is 75.1 Å². The molecule has 5 N–H and O–H groups in total. The third kappa shape index (κ3) is 6.20. The van der Waals surface area contributed by atoms with E-state index < -0.39 is 24.2 Å². The Labute approximate surface area is 268 Å². The number of hydroxylamine groups is 2. The van der Waals surface area contributed by atoms with E-state index in [1.165, 1.54) is 6.42 Å². The van der Waals surface area contributed by atoms with Crippen LogP contribution in [-0.4, -0.2) is 92.0 Å². The fraction of sp³-hybridized carbons (Fsp3) is 0.657. The van der Waals surface area contributed by atoms with E-state index in [0.29, 0.717) is 40.9 Å². The number of rotatable bonds is 10. The van der Waals surface area contributed by atoms with E-state index in [1.54, 1.807) is 26.1 Å². The van der Waals surface area contributed by atoms with E-state index in [1.807, 2.05) is 44.4 Å². The van der Waals surface area contributed by atoms with Crippen molar-refractivity contribution < 1.29 is 24.3 Å². The first-order chi connectivity index (χ1) is 21.3. The van der Waals surface area contributed by atoms with Gasteiger partial charge in [0.25, 0.3) is 5.91 Å². The molecule has 248 valence electrons. The molecule has 5 aliphatic rings. The summed E-state index contributed by atoms with van der Waals surface area (Å²) in [7, 11) is 7.27. The number of ether oxygens (including phenoxy) is 1. The number of hydrogen-bond acceptors (Lipinski definition) is 8. The van der Waals surface area contributed by atoms with Crippen LogP contribution in [0.4, 0.5) is 0 Å². The molecule has 1 aromatic carbocycles. The van der Waals surface area contributed by atoms with Gasteiger partial charge in [0.15, 0.2) is 0 Å². The zero-order valence-corrected chi connectivity index (χ0v) is 28.2. The molecular weight excluding hydrogens is 570 g/mol. The summed E-state index contributed by atoms with van der Waals surface area (Å²) >= 11 is 0. The lowest BCUT2D eigenvalue weighted by atomic mass is 9.45. The second-order valence-electron chi connectivity index (χ2n) is 14.4. The lowest BCUT2D eigenvalue weighted by Gasteiger charge is -2.62. The molecule has 9 atom stereocenters. The highest BCUT2D eigenvalue weighted by molar-refractivity contribution is 5.99. The van der Waals surface area contributed by atoms with Crippen LogP contribution in [0.1, 0.15) is 58.1 Å². The van der Waals surface area contributed by atoms with Crippen LogP contribution in [0.15, 0.2) is 35.9 Å². The first-order valence-electron chi connectivity index (χ1n) is 16.4. The van der Waals surface area contributed by atoms with Gasteiger partial charge in [-0.25, -0.2) is 0 Å². The number of nitrogens with one attached hydrogen (secondary N) is 2. The summed E-state index contributed by atoms with van der Waals surface area (Å²) in [5.74, 6) is 1.47. The number of likely N-dealkylation sites (N-methyl/N-ethyl adjacent to an activating group) is 2. The number of nitrogens with two attached hydrogens (primary N) is 1. The van der Waals surface area contributed by atoms with Crippen molar-refractivity contribution >= 4 is 17.4 Å². The Morgan fingerprint density at radius 2 is 2.00 bits per heavy atom. The molecular formula is C35H53N5O5. The van der Waals surface area contributed by atoms with E-state index in [0.717, 1.165) is 23.1 Å². The Hall–Kier alpha value is -2.76. The number of para-hydroxylation sites is 1. The van der Waals surface area contributed by atoms with Gasteiger partial charge >= 0.3 is 0 Å². The Bertz CT molecular complexity index is 1340. The van der Waals surface area contributed by atoms with E-state index in [-0.39, 0.29) is 37.0 Å². The van der Waals surface area contributed by atoms with E-state index in [2.05, 4.69) is 36.3 Å². The minimum atomic E-state index is -0.797. The molecule has 6 rings (SSSR count). The summed E-state index contributed by atoms with van der Waals surface area (Å²) in [5.41, 5.74) is 9.76. The van der Waals surface area contributed by atoms with Crippen LogP contribution in [0.3, 0.4) is 0 Å². The number of carbonyl (C=O) groups excluding carboxylic acids is 2. The molecule has 1 heterocycles. The molecule has 2 amide bonds. The highest BCUT2D eigenvalue weighted by Crippen LogP contribution is 2.61. The SMILES string of the molecule is CNC(=O)C1=CC(N(C)C)CC(c2cccc(CN3O[C@@H](CN)[C@@H]([C@H](C)O)[C@H]3C(=O)N[C@H]3C[C@H]4C[C@@H]([C@@H]3C)C4(C)C)c2OC)=C1. The lowest BCUT2D eigenvalue weighted by molar-refractivity contribution is -0.175. The Balaban J connectivity index is 1.44. The van der Waals surface area contributed by atoms with Gasteiger partial charge in [0.1, 0.15) is 11.8 Å². The van der Waals surface area contributed by atoms with Gasteiger partial charge in [-0.2, -0.15) is 5.06 Å². The Morgan fingerprint density at radius 3 is 2.58 bits per heavy atom. The molecule has 45 heavy (non-hydrogen) atoms. The largest absolute Gasteiger partial charge is 0.496 e. The van der Waals surface area contributed by atoms with E-state index in [4.69, 9.17) is 15.3 Å². The van der Waals surface area contributed by atoms with Gasteiger partial charge in [0.05, 0.1) is 25.9 Å². The van der Waals surface area contributed by atoms with Crippen LogP contribution in [0.5, 0.6) is 5.75 Å². The van der Waals surface area contributed by atoms with E-state index >= 15 is 0 Å². The molecule has 10 heteroatoms. The maximum absolute atomic E-state index is 14.1. The number of carbonyl (C=O) groups is 2. The molecule has 1 saturated heterocycles. The molecule has 0 spiro atoms. The number of aliphatic hydroxyl groups excluding tert-OH is 1. The smallest absolute Gasteiger partial charge is 0.250 e. The minimum Gasteiger partial charge on any atom is -0.496 e. The average Bonchev–Trinajstić information content (AvgIpc) is 3.39. The topological polar surface area (TPSA) is 129 Å². The van der Waals surface area contributed by atoms with Crippen molar-refractivity contribution in [3.8, 4) is 5.75 Å². The predicted octanol–water partition coefficient (Wildman–Crippen LogP) is 2.71. The van der Waals surface area contributed by atoms with Gasteiger partial charge in [0.2, 0.25) is 5.91 Å². The van der Waals surface area contributed by atoms with Gasteiger partial charge in [-0.15, -0.1) is 0 Å². The molecule has 1 aliphatic heterocycles. The highest BCUT2D eigenvalue weighted by atomic mass is 16.7. The van der Waals surface area contributed by atoms with Crippen LogP contribution in [0.2, 0.25) is 0 Å². The van der Waals surface area contributed by atoms with Crippen molar-refractivity contribution in [1.82, 2.24) is 20.6 Å². The standard InChI is InChI=1S/C35H53N5O5/c1-19-27-15-24(35(27,3)4)16-28(19)38-34(43)31-30(20(2)41)29(17-36)45-40(31)18-21-10-9-11-26(32(21)44-8)22-12-23(33(42)37-5)14-25(13-22)39(6)7/h9-12,14,19-20,24-25,27-31,41H,13,15-18,36H2,1-8H3,(H,37,42)(H,38,43)/t19-,20-,24+,25?,27-,28-,29-,30+,31-/m0/s1. The summed E-state index contributed by atoms with van der Waals surface area (Å²) in [5, 5.41) is 18.7. The summed E-state index contributed by atoms with van der Waals surface area (Å²) in [6, 6.07) is 5.34. The molecule has 0 radical (unpaired) electrons. The highest BCUT2D eigenvalue weighted by Gasteiger charge is 2.57. The molecule has 1 unspecified atom stereocenters. The first-order valence-corrected chi connectivity index (χ1v) is 16.4. The van der Waals surface area contributed by atoms with Crippen LogP contribution in [0.25, 0.3) is 5.57 Å². The number of aliphatic hydroxyl groups is 1. The van der Waals surface area contributed by atoms with Gasteiger partial charge in [0, 0.05) is 48.3 Å². The maximum atomic E-state index is 14.1. The summed E-state index contributed by atoms with van der Waals surface area (Å²) in [6.07, 6.45) is 5.51. The van der Waals surface area contributed by atoms with Crippen molar-refractivity contribution in [3.05, 3.63) is 47.1 Å². The summed E-state index contributed by atoms with van der Waals surface area (Å²) < 4.78 is 6.02. The fourth-order valence-electron chi connectivity index (χ4n) is 8.49. The number of amides is 2. The van der Waals surface area contributed by atoms with Crippen molar-refractivity contribution in [2.75, 3.05) is 34.8 Å². The van der Waals surface area contributed by atoms with Crippen molar-refractivity contribution in [2.45, 2.75) is 83.8 Å². The molecule has 3 saturated carbocycles. The molecule has 4 aliphatic carbocycles. The second kappa shape index (κ2) is 13.2. The van der Waals surface area contributed by atoms with Crippen LogP contribution < -0.4 is 21.1 Å². The first kappa shape index (κ1) is 33.6. The van der Waals surface area contributed by atoms with Gasteiger partial charge < -0.3 is 31.1 Å². The Morgan fingerprint density at radius 1 is 1.27 bits per heavy atom. The minimum absolute atomic E-state index is 0.0385. The van der Waals surface area contributed by atoms with E-state index in [9.17, 15) is 14.7 Å². The number of benzene rings is 1. The predicted molar refractivity (Wildman–Crippen MR) is 175 cm³/mol. The summed E-state index contributed by atoms with van der Waals surface area (Å²) in [6.45, 7) is 9.10. The quantitative estimate of drug-likeness (QED) is 0.313. The third-order valence-corrected chi connectivity index (χ3v) is 11.4. The van der Waals surface area contributed by atoms with Crippen molar-refractivity contribution in [2.24, 2.45) is 34.8 Å². The molecule has 10 nitrogen and oxygen atoms in total. The fourth-order valence-corrected chi connectivity index (χ4v) is 8.49. The molecule has 2 bridgehead atoms. The van der Waals surface area contributed by atoms with Gasteiger partial charge in [-0.3, -0.25) is 14.4 Å². The molecule has 4 fully saturated rings. The van der Waals surface area contributed by atoms with Crippen LogP contribution >= 0.6 is 0 Å². The number of nitrogens with zero attached hydrogens (tertiary/aromatic N) is 2. The Kier molecular flexibility index (Phi) is 9.82. The van der Waals surface area contributed by atoms with Crippen LogP contribution in [0, 0.1) is 29.1 Å². The maximum Gasteiger partial charge on any atom is 0.250 e. The number of fused-ring (bicyclic) bond motifs is 2. The summed E-state index contributed by atoms with van der Waals surface area (Å²) in [4.78, 5) is 35.2.